The van der Waals surface area contributed by atoms with Gasteiger partial charge in [0.25, 0.3) is 0 Å². The highest BCUT2D eigenvalue weighted by Gasteiger charge is 1.97. The van der Waals surface area contributed by atoms with Gasteiger partial charge < -0.3 is 0 Å². The molecule has 0 aliphatic heterocycles. The highest BCUT2D eigenvalue weighted by Crippen LogP contribution is 2.24. The predicted molar refractivity (Wildman–Crippen MR) is 72.2 cm³/mol. The monoisotopic (exact) mass is 248 g/mol. The normalized spacial score (nSPS) is 10.4. The zero-order valence-corrected chi connectivity index (χ0v) is 10.7. The van der Waals surface area contributed by atoms with E-state index in [1.807, 2.05) is 30.0 Å². The molecule has 0 saturated carbocycles. The standard InChI is InChI=1S/C14H13ClS/c1-11-5-7-14(8-6-11)16-10-12-3-2-4-13(15)9-12/h2-9H,10H2,1H3. The highest BCUT2D eigenvalue weighted by atomic mass is 35.5. The van der Waals surface area contributed by atoms with Crippen molar-refractivity contribution in [3.8, 4) is 0 Å². The van der Waals surface area contributed by atoms with E-state index in [0.29, 0.717) is 0 Å². The average molecular weight is 249 g/mol. The fourth-order valence-electron chi connectivity index (χ4n) is 1.43. The SMILES string of the molecule is Cc1ccc(SCc2cccc(Cl)c2)cc1. The number of halogens is 1. The lowest BCUT2D eigenvalue weighted by Crippen LogP contribution is -1.80. The number of hydrogen-bond donors (Lipinski definition) is 0. The maximum Gasteiger partial charge on any atom is 0.0409 e. The van der Waals surface area contributed by atoms with E-state index in [0.717, 1.165) is 10.8 Å². The van der Waals surface area contributed by atoms with Crippen molar-refractivity contribution in [2.75, 3.05) is 0 Å². The van der Waals surface area contributed by atoms with Crippen molar-refractivity contribution >= 4 is 23.4 Å². The van der Waals surface area contributed by atoms with Crippen LogP contribution in [0.2, 0.25) is 5.02 Å². The summed E-state index contributed by atoms with van der Waals surface area (Å²) in [4.78, 5) is 1.30. The molecular formula is C14H13ClS. The van der Waals surface area contributed by atoms with Crippen LogP contribution in [0.3, 0.4) is 0 Å². The molecule has 0 radical (unpaired) electrons. The van der Waals surface area contributed by atoms with Crippen LogP contribution in [0.25, 0.3) is 0 Å². The van der Waals surface area contributed by atoms with E-state index in [2.05, 4.69) is 37.3 Å². The predicted octanol–water partition coefficient (Wildman–Crippen LogP) is 4.94. The first-order valence-corrected chi connectivity index (χ1v) is 6.54. The van der Waals surface area contributed by atoms with Crippen LogP contribution in [0.1, 0.15) is 11.1 Å². The summed E-state index contributed by atoms with van der Waals surface area (Å²) >= 11 is 7.77. The quantitative estimate of drug-likeness (QED) is 0.694. The summed E-state index contributed by atoms with van der Waals surface area (Å²) in [5.74, 6) is 0.962. The number of hydrogen-bond acceptors (Lipinski definition) is 1. The van der Waals surface area contributed by atoms with E-state index in [1.54, 1.807) is 0 Å². The van der Waals surface area contributed by atoms with Gasteiger partial charge in [-0.05, 0) is 36.8 Å². The molecule has 0 spiro atoms. The molecular weight excluding hydrogens is 236 g/mol. The molecule has 0 fully saturated rings. The summed E-state index contributed by atoms with van der Waals surface area (Å²) in [5, 5.41) is 0.807. The van der Waals surface area contributed by atoms with E-state index < -0.39 is 0 Å². The van der Waals surface area contributed by atoms with Gasteiger partial charge in [0.05, 0.1) is 0 Å². The fraction of sp³-hybridized carbons (Fsp3) is 0.143. The minimum atomic E-state index is 0.807. The van der Waals surface area contributed by atoms with Crippen LogP contribution in [0.15, 0.2) is 53.4 Å². The highest BCUT2D eigenvalue weighted by molar-refractivity contribution is 7.98. The minimum Gasteiger partial charge on any atom is -0.121 e. The van der Waals surface area contributed by atoms with Crippen molar-refractivity contribution in [3.63, 3.8) is 0 Å². The fourth-order valence-corrected chi connectivity index (χ4v) is 2.48. The molecule has 0 bridgehead atoms. The number of thioether (sulfide) groups is 1. The zero-order valence-electron chi connectivity index (χ0n) is 9.11. The second kappa shape index (κ2) is 5.42. The Morgan fingerprint density at radius 3 is 2.50 bits per heavy atom. The second-order valence-electron chi connectivity index (χ2n) is 3.73. The van der Waals surface area contributed by atoms with Gasteiger partial charge in [-0.1, -0.05) is 41.4 Å². The Morgan fingerprint density at radius 2 is 1.81 bits per heavy atom. The first-order chi connectivity index (χ1) is 7.74. The van der Waals surface area contributed by atoms with E-state index >= 15 is 0 Å². The Hall–Kier alpha value is -0.920. The van der Waals surface area contributed by atoms with Gasteiger partial charge >= 0.3 is 0 Å². The number of benzene rings is 2. The van der Waals surface area contributed by atoms with Crippen molar-refractivity contribution in [1.82, 2.24) is 0 Å². The van der Waals surface area contributed by atoms with Crippen LogP contribution in [0.5, 0.6) is 0 Å². The third-order valence-corrected chi connectivity index (χ3v) is 3.63. The lowest BCUT2D eigenvalue weighted by atomic mass is 10.2. The molecule has 0 saturated heterocycles. The Kier molecular flexibility index (Phi) is 3.92. The molecule has 0 aliphatic rings. The van der Waals surface area contributed by atoms with E-state index in [4.69, 9.17) is 11.6 Å². The van der Waals surface area contributed by atoms with Crippen molar-refractivity contribution in [3.05, 3.63) is 64.7 Å². The molecule has 0 heterocycles. The Balaban J connectivity index is 1.99. The first-order valence-electron chi connectivity index (χ1n) is 5.18. The van der Waals surface area contributed by atoms with E-state index in [9.17, 15) is 0 Å². The maximum absolute atomic E-state index is 5.94. The van der Waals surface area contributed by atoms with Crippen molar-refractivity contribution in [2.24, 2.45) is 0 Å². The molecule has 16 heavy (non-hydrogen) atoms. The summed E-state index contributed by atoms with van der Waals surface area (Å²) in [6.07, 6.45) is 0. The molecule has 2 rings (SSSR count). The first kappa shape index (κ1) is 11.6. The summed E-state index contributed by atoms with van der Waals surface area (Å²) in [6.45, 7) is 2.10. The van der Waals surface area contributed by atoms with Crippen LogP contribution >= 0.6 is 23.4 Å². The van der Waals surface area contributed by atoms with Gasteiger partial charge in [-0.25, -0.2) is 0 Å². The molecule has 0 N–H and O–H groups in total. The number of aryl methyl sites for hydroxylation is 1. The molecule has 2 aromatic rings. The van der Waals surface area contributed by atoms with Gasteiger partial charge in [0.2, 0.25) is 0 Å². The van der Waals surface area contributed by atoms with E-state index in [-0.39, 0.29) is 0 Å². The molecule has 0 aromatic heterocycles. The lowest BCUT2D eigenvalue weighted by molar-refractivity contribution is 1.35. The molecule has 2 heteroatoms. The smallest absolute Gasteiger partial charge is 0.0409 e. The van der Waals surface area contributed by atoms with Crippen LogP contribution in [-0.4, -0.2) is 0 Å². The molecule has 0 amide bonds. The lowest BCUT2D eigenvalue weighted by Gasteiger charge is -2.03. The van der Waals surface area contributed by atoms with Gasteiger partial charge in [-0.3, -0.25) is 0 Å². The van der Waals surface area contributed by atoms with Crippen molar-refractivity contribution < 1.29 is 0 Å². The Bertz CT molecular complexity index is 462. The van der Waals surface area contributed by atoms with Gasteiger partial charge in [0.1, 0.15) is 0 Å². The molecule has 0 aliphatic carbocycles. The van der Waals surface area contributed by atoms with Crippen LogP contribution in [-0.2, 0) is 5.75 Å². The van der Waals surface area contributed by atoms with E-state index in [1.165, 1.54) is 16.0 Å². The summed E-state index contributed by atoms with van der Waals surface area (Å²) in [6, 6.07) is 16.6. The van der Waals surface area contributed by atoms with Gasteiger partial charge in [-0.2, -0.15) is 0 Å². The maximum atomic E-state index is 5.94. The van der Waals surface area contributed by atoms with Gasteiger partial charge in [-0.15, -0.1) is 11.8 Å². The summed E-state index contributed by atoms with van der Waals surface area (Å²) < 4.78 is 0. The van der Waals surface area contributed by atoms with Gasteiger partial charge in [0, 0.05) is 15.7 Å². The molecule has 82 valence electrons. The summed E-state index contributed by atoms with van der Waals surface area (Å²) in [7, 11) is 0. The van der Waals surface area contributed by atoms with Crippen LogP contribution < -0.4 is 0 Å². The van der Waals surface area contributed by atoms with Gasteiger partial charge in [0.15, 0.2) is 0 Å². The van der Waals surface area contributed by atoms with Crippen molar-refractivity contribution in [1.29, 1.82) is 0 Å². The molecule has 2 aromatic carbocycles. The minimum absolute atomic E-state index is 0.807. The van der Waals surface area contributed by atoms with Crippen LogP contribution in [0.4, 0.5) is 0 Å². The largest absolute Gasteiger partial charge is 0.121 e. The Morgan fingerprint density at radius 1 is 1.06 bits per heavy atom. The topological polar surface area (TPSA) is 0 Å². The molecule has 0 atom stereocenters. The van der Waals surface area contributed by atoms with Crippen LogP contribution in [0, 0.1) is 6.92 Å². The second-order valence-corrected chi connectivity index (χ2v) is 5.22. The van der Waals surface area contributed by atoms with Crippen molar-refractivity contribution in [2.45, 2.75) is 17.6 Å². The molecule has 0 nitrogen and oxygen atoms in total. The summed E-state index contributed by atoms with van der Waals surface area (Å²) in [5.41, 5.74) is 2.56. The number of rotatable bonds is 3. The molecule has 0 unspecified atom stereocenters. The third-order valence-electron chi connectivity index (χ3n) is 2.32. The third kappa shape index (κ3) is 3.29. The average Bonchev–Trinajstić information content (AvgIpc) is 2.28. The Labute approximate surface area is 106 Å². The zero-order chi connectivity index (χ0) is 11.4.